The Morgan fingerprint density at radius 2 is 1.51 bits per heavy atom. The lowest BCUT2D eigenvalue weighted by Crippen LogP contribution is -2.38. The lowest BCUT2D eigenvalue weighted by atomic mass is 9.71. The molecule has 0 radical (unpaired) electrons. The van der Waals surface area contributed by atoms with Crippen LogP contribution < -0.4 is 9.47 Å². The molecule has 0 unspecified atom stereocenters. The number of benzene rings is 3. The molecule has 0 saturated heterocycles. The molecular formula is C34H31BrClNO4. The molecule has 0 bridgehead atoms. The van der Waals surface area contributed by atoms with Crippen molar-refractivity contribution in [3.63, 3.8) is 0 Å². The van der Waals surface area contributed by atoms with E-state index in [1.54, 1.807) is 7.11 Å². The number of hydrogen-bond acceptors (Lipinski definition) is 5. The molecule has 7 heteroatoms. The van der Waals surface area contributed by atoms with Crippen LogP contribution in [0.2, 0.25) is 5.02 Å². The third-order valence-corrected chi connectivity index (χ3v) is 9.24. The number of ketones is 2. The number of hydrogen-bond donors (Lipinski definition) is 0. The van der Waals surface area contributed by atoms with Crippen LogP contribution in [-0.2, 0) is 22.7 Å². The molecule has 0 spiro atoms. The van der Waals surface area contributed by atoms with Crippen molar-refractivity contribution in [1.82, 2.24) is 4.90 Å². The van der Waals surface area contributed by atoms with Gasteiger partial charge >= 0.3 is 0 Å². The number of carbonyl (C=O) groups excluding carboxylic acids is 2. The number of Topliss-reactive ketones (excluding diaryl/α,β-unsaturated/α-hetero) is 2. The first-order valence-corrected chi connectivity index (χ1v) is 15.2. The Bertz CT molecular complexity index is 1530. The van der Waals surface area contributed by atoms with Crippen LogP contribution in [0.25, 0.3) is 0 Å². The van der Waals surface area contributed by atoms with Gasteiger partial charge in [0.05, 0.1) is 12.1 Å². The van der Waals surface area contributed by atoms with E-state index in [9.17, 15) is 9.59 Å². The number of rotatable bonds is 7. The minimum Gasteiger partial charge on any atom is -0.493 e. The summed E-state index contributed by atoms with van der Waals surface area (Å²) in [4.78, 5) is 29.6. The monoisotopic (exact) mass is 631 g/mol. The van der Waals surface area contributed by atoms with Crippen LogP contribution in [0.1, 0.15) is 61.1 Å². The summed E-state index contributed by atoms with van der Waals surface area (Å²) < 4.78 is 12.9. The lowest BCUT2D eigenvalue weighted by Gasteiger charge is -2.44. The normalized spacial score (nSPS) is 17.5. The zero-order chi connectivity index (χ0) is 28.5. The molecule has 5 nitrogen and oxygen atoms in total. The van der Waals surface area contributed by atoms with E-state index in [1.165, 1.54) is 0 Å². The Morgan fingerprint density at radius 1 is 0.878 bits per heavy atom. The van der Waals surface area contributed by atoms with Gasteiger partial charge in [0.15, 0.2) is 23.1 Å². The molecule has 210 valence electrons. The molecule has 0 fully saturated rings. The molecule has 2 aliphatic carbocycles. The molecule has 6 rings (SSSR count). The van der Waals surface area contributed by atoms with E-state index in [1.807, 2.05) is 54.6 Å². The summed E-state index contributed by atoms with van der Waals surface area (Å²) in [5.41, 5.74) is 6.43. The van der Waals surface area contributed by atoms with Crippen molar-refractivity contribution in [3.05, 3.63) is 115 Å². The molecule has 0 N–H and O–H groups in total. The smallest absolute Gasteiger partial charge is 0.180 e. The Balaban J connectivity index is 1.45. The lowest BCUT2D eigenvalue weighted by molar-refractivity contribution is -0.117. The van der Waals surface area contributed by atoms with E-state index in [4.69, 9.17) is 21.1 Å². The van der Waals surface area contributed by atoms with Crippen LogP contribution in [0.4, 0.5) is 0 Å². The molecule has 3 aliphatic rings. The predicted molar refractivity (Wildman–Crippen MR) is 163 cm³/mol. The van der Waals surface area contributed by atoms with Gasteiger partial charge in [-0.1, -0.05) is 76.1 Å². The molecule has 0 aromatic heterocycles. The Labute approximate surface area is 253 Å². The summed E-state index contributed by atoms with van der Waals surface area (Å²) in [6.45, 7) is 0.938. The minimum atomic E-state index is -0.476. The van der Waals surface area contributed by atoms with Gasteiger partial charge in [0.2, 0.25) is 0 Å². The molecule has 1 aliphatic heterocycles. The topological polar surface area (TPSA) is 55.8 Å². The van der Waals surface area contributed by atoms with E-state index in [0.717, 1.165) is 69.4 Å². The van der Waals surface area contributed by atoms with Gasteiger partial charge in [0.25, 0.3) is 0 Å². The SMILES string of the molecule is COc1cc(C2C3=C(CCCC3=O)N(Cc3ccccc3)C3=C2C(=O)CCC3)cc(Cl)c1OCc1ccccc1Br. The molecule has 0 saturated carbocycles. The van der Waals surface area contributed by atoms with Crippen molar-refractivity contribution in [2.45, 2.75) is 57.6 Å². The van der Waals surface area contributed by atoms with Gasteiger partial charge in [-0.05, 0) is 55.0 Å². The highest BCUT2D eigenvalue weighted by atomic mass is 79.9. The molecule has 3 aromatic carbocycles. The van der Waals surface area contributed by atoms with Gasteiger partial charge in [-0.15, -0.1) is 0 Å². The summed E-state index contributed by atoms with van der Waals surface area (Å²) in [7, 11) is 1.58. The van der Waals surface area contributed by atoms with E-state index in [2.05, 4.69) is 33.0 Å². The van der Waals surface area contributed by atoms with Gasteiger partial charge in [-0.2, -0.15) is 0 Å². The van der Waals surface area contributed by atoms with Crippen LogP contribution >= 0.6 is 27.5 Å². The van der Waals surface area contributed by atoms with Gasteiger partial charge in [0.1, 0.15) is 6.61 Å². The highest BCUT2D eigenvalue weighted by molar-refractivity contribution is 9.10. The van der Waals surface area contributed by atoms with Gasteiger partial charge in [-0.3, -0.25) is 9.59 Å². The fraction of sp³-hybridized carbons (Fsp3) is 0.294. The molecule has 3 aromatic rings. The number of halogens is 2. The first-order chi connectivity index (χ1) is 20.0. The summed E-state index contributed by atoms with van der Waals surface area (Å²) in [6, 6.07) is 21.8. The summed E-state index contributed by atoms with van der Waals surface area (Å²) in [5.74, 6) is 0.633. The molecule has 41 heavy (non-hydrogen) atoms. The van der Waals surface area contributed by atoms with Crippen LogP contribution in [0, 0.1) is 0 Å². The first-order valence-electron chi connectivity index (χ1n) is 14.0. The number of nitrogens with zero attached hydrogens (tertiary/aromatic N) is 1. The molecule has 0 atom stereocenters. The third-order valence-electron chi connectivity index (χ3n) is 8.18. The Kier molecular flexibility index (Phi) is 8.05. The predicted octanol–water partition coefficient (Wildman–Crippen LogP) is 8.30. The zero-order valence-electron chi connectivity index (χ0n) is 22.9. The average Bonchev–Trinajstić information content (AvgIpc) is 2.98. The molecule has 1 heterocycles. The van der Waals surface area contributed by atoms with Gasteiger partial charge in [0, 0.05) is 57.9 Å². The van der Waals surface area contributed by atoms with Crippen molar-refractivity contribution in [1.29, 1.82) is 0 Å². The first kappa shape index (κ1) is 27.8. The highest BCUT2D eigenvalue weighted by Crippen LogP contribution is 2.51. The second kappa shape index (κ2) is 11.9. The largest absolute Gasteiger partial charge is 0.493 e. The summed E-state index contributed by atoms with van der Waals surface area (Å²) in [5, 5.41) is 0.383. The summed E-state index contributed by atoms with van der Waals surface area (Å²) in [6.07, 6.45) is 4.16. The molecule has 0 amide bonds. The van der Waals surface area contributed by atoms with Crippen LogP contribution in [0.3, 0.4) is 0 Å². The number of ether oxygens (including phenoxy) is 2. The summed E-state index contributed by atoms with van der Waals surface area (Å²) >= 11 is 10.4. The third kappa shape index (κ3) is 5.35. The van der Waals surface area contributed by atoms with Crippen molar-refractivity contribution in [3.8, 4) is 11.5 Å². The standard InChI is InChI=1S/C34H31BrClNO4/c1-40-30-18-23(17-25(36)34(30)41-20-22-11-5-6-12-24(22)35)31-32-26(13-7-15-28(32)38)37(19-21-9-3-2-4-10-21)27-14-8-16-29(39)33(27)31/h2-6,9-12,17-18,31H,7-8,13-16,19-20H2,1H3. The van der Waals surface area contributed by atoms with E-state index < -0.39 is 5.92 Å². The fourth-order valence-electron chi connectivity index (χ4n) is 6.32. The maximum atomic E-state index is 13.7. The average molecular weight is 633 g/mol. The van der Waals surface area contributed by atoms with Crippen LogP contribution in [0.5, 0.6) is 11.5 Å². The Morgan fingerprint density at radius 3 is 2.15 bits per heavy atom. The van der Waals surface area contributed by atoms with E-state index >= 15 is 0 Å². The Hall–Kier alpha value is -3.35. The van der Waals surface area contributed by atoms with E-state index in [-0.39, 0.29) is 11.6 Å². The van der Waals surface area contributed by atoms with Crippen molar-refractivity contribution >= 4 is 39.1 Å². The van der Waals surface area contributed by atoms with Gasteiger partial charge in [-0.25, -0.2) is 0 Å². The number of methoxy groups -OCH3 is 1. The number of carbonyl (C=O) groups is 2. The zero-order valence-corrected chi connectivity index (χ0v) is 25.3. The molecular weight excluding hydrogens is 602 g/mol. The van der Waals surface area contributed by atoms with Crippen molar-refractivity contribution in [2.24, 2.45) is 0 Å². The van der Waals surface area contributed by atoms with Crippen LogP contribution in [0.15, 0.2) is 93.7 Å². The maximum absolute atomic E-state index is 13.7. The second-order valence-electron chi connectivity index (χ2n) is 10.7. The number of allylic oxidation sites excluding steroid dienone is 4. The highest BCUT2D eigenvalue weighted by Gasteiger charge is 2.43. The second-order valence-corrected chi connectivity index (χ2v) is 12.0. The fourth-order valence-corrected chi connectivity index (χ4v) is 6.99. The van der Waals surface area contributed by atoms with E-state index in [0.29, 0.717) is 42.5 Å². The minimum absolute atomic E-state index is 0.101. The van der Waals surface area contributed by atoms with Crippen LogP contribution in [-0.4, -0.2) is 23.6 Å². The van der Waals surface area contributed by atoms with Gasteiger partial charge < -0.3 is 14.4 Å². The quantitative estimate of drug-likeness (QED) is 0.262. The van der Waals surface area contributed by atoms with Crippen molar-refractivity contribution < 1.29 is 19.1 Å². The maximum Gasteiger partial charge on any atom is 0.180 e. The van der Waals surface area contributed by atoms with Crippen molar-refractivity contribution in [2.75, 3.05) is 7.11 Å².